The Morgan fingerprint density at radius 3 is 2.88 bits per heavy atom. The number of hydrogen-bond donors (Lipinski definition) is 2. The van der Waals surface area contributed by atoms with E-state index in [0.29, 0.717) is 23.3 Å². The zero-order valence-corrected chi connectivity index (χ0v) is 11.0. The van der Waals surface area contributed by atoms with Gasteiger partial charge in [-0.2, -0.15) is 11.8 Å². The first-order chi connectivity index (χ1) is 7.52. The Bertz CT molecular complexity index is 311. The van der Waals surface area contributed by atoms with Crippen molar-refractivity contribution in [2.75, 3.05) is 24.6 Å². The van der Waals surface area contributed by atoms with Crippen molar-refractivity contribution >= 4 is 39.7 Å². The molecule has 1 heterocycles. The van der Waals surface area contributed by atoms with Crippen molar-refractivity contribution in [3.05, 3.63) is 11.1 Å². The van der Waals surface area contributed by atoms with Crippen LogP contribution >= 0.6 is 27.7 Å². The van der Waals surface area contributed by atoms with Gasteiger partial charge in [-0.25, -0.2) is 9.59 Å². The minimum Gasteiger partial charge on any atom is -0.480 e. The highest BCUT2D eigenvalue weighted by Crippen LogP contribution is 2.16. The molecule has 0 aromatic carbocycles. The molecule has 1 saturated heterocycles. The van der Waals surface area contributed by atoms with Gasteiger partial charge in [0.15, 0.2) is 0 Å². The van der Waals surface area contributed by atoms with E-state index in [1.165, 1.54) is 4.90 Å². The standard InChI is InChI=1S/C9H13BrN2O3S/c1-6(10)4-11-9(15)12-2-3-16-5-7(12)8(13)14/h7H,1-5H2,(H,11,15)(H,13,14). The Labute approximate surface area is 106 Å². The molecule has 2 N–H and O–H groups in total. The number of hydrogen-bond acceptors (Lipinski definition) is 3. The number of aliphatic carboxylic acids is 1. The monoisotopic (exact) mass is 308 g/mol. The van der Waals surface area contributed by atoms with Crippen molar-refractivity contribution in [2.24, 2.45) is 0 Å². The van der Waals surface area contributed by atoms with E-state index in [1.54, 1.807) is 11.8 Å². The largest absolute Gasteiger partial charge is 0.480 e. The lowest BCUT2D eigenvalue weighted by Crippen LogP contribution is -2.53. The molecule has 0 bridgehead atoms. The van der Waals surface area contributed by atoms with Gasteiger partial charge < -0.3 is 15.3 Å². The van der Waals surface area contributed by atoms with Crippen LogP contribution in [0.4, 0.5) is 4.79 Å². The summed E-state index contributed by atoms with van der Waals surface area (Å²) in [7, 11) is 0. The molecule has 7 heteroatoms. The average Bonchev–Trinajstić information content (AvgIpc) is 2.25. The van der Waals surface area contributed by atoms with Crippen LogP contribution < -0.4 is 5.32 Å². The maximum Gasteiger partial charge on any atom is 0.327 e. The smallest absolute Gasteiger partial charge is 0.327 e. The van der Waals surface area contributed by atoms with Crippen molar-refractivity contribution in [1.82, 2.24) is 10.2 Å². The SMILES string of the molecule is C=C(Br)CNC(=O)N1CCSCC1C(=O)O. The number of amides is 2. The molecule has 16 heavy (non-hydrogen) atoms. The predicted octanol–water partition coefficient (Wildman–Crippen LogP) is 1.11. The minimum atomic E-state index is -0.958. The summed E-state index contributed by atoms with van der Waals surface area (Å²) in [4.78, 5) is 24.0. The first-order valence-electron chi connectivity index (χ1n) is 4.70. The van der Waals surface area contributed by atoms with Crippen molar-refractivity contribution in [3.63, 3.8) is 0 Å². The average molecular weight is 309 g/mol. The summed E-state index contributed by atoms with van der Waals surface area (Å²) >= 11 is 4.67. The Morgan fingerprint density at radius 1 is 1.62 bits per heavy atom. The van der Waals surface area contributed by atoms with E-state index >= 15 is 0 Å². The van der Waals surface area contributed by atoms with Gasteiger partial charge in [0, 0.05) is 22.5 Å². The summed E-state index contributed by atoms with van der Waals surface area (Å²) in [5.41, 5.74) is 0. The summed E-state index contributed by atoms with van der Waals surface area (Å²) in [6.45, 7) is 4.35. The van der Waals surface area contributed by atoms with Gasteiger partial charge in [-0.05, 0) is 0 Å². The van der Waals surface area contributed by atoms with Gasteiger partial charge in [0.05, 0.1) is 6.54 Å². The van der Waals surface area contributed by atoms with E-state index < -0.39 is 12.0 Å². The second-order valence-corrected chi connectivity index (χ2v) is 5.57. The van der Waals surface area contributed by atoms with E-state index in [-0.39, 0.29) is 6.03 Å². The number of urea groups is 1. The molecule has 0 saturated carbocycles. The highest BCUT2D eigenvalue weighted by atomic mass is 79.9. The number of halogens is 1. The molecule has 1 rings (SSSR count). The van der Waals surface area contributed by atoms with E-state index in [1.807, 2.05) is 0 Å². The van der Waals surface area contributed by atoms with Crippen molar-refractivity contribution in [1.29, 1.82) is 0 Å². The van der Waals surface area contributed by atoms with Crippen LogP contribution in [0.1, 0.15) is 0 Å². The number of carbonyl (C=O) groups excluding carboxylic acids is 1. The summed E-state index contributed by atoms with van der Waals surface area (Å²) in [5.74, 6) is 0.254. The Morgan fingerprint density at radius 2 is 2.31 bits per heavy atom. The van der Waals surface area contributed by atoms with E-state index in [9.17, 15) is 9.59 Å². The van der Waals surface area contributed by atoms with Gasteiger partial charge in [0.25, 0.3) is 0 Å². The van der Waals surface area contributed by atoms with Gasteiger partial charge in [-0.3, -0.25) is 0 Å². The Hall–Kier alpha value is -0.690. The number of carbonyl (C=O) groups is 2. The highest BCUT2D eigenvalue weighted by molar-refractivity contribution is 9.11. The Balaban J connectivity index is 2.57. The van der Waals surface area contributed by atoms with Gasteiger partial charge in [0.1, 0.15) is 6.04 Å². The summed E-state index contributed by atoms with van der Waals surface area (Å²) in [6.07, 6.45) is 0. The van der Waals surface area contributed by atoms with Gasteiger partial charge in [-0.15, -0.1) is 0 Å². The first kappa shape index (κ1) is 13.4. The van der Waals surface area contributed by atoms with Crippen LogP contribution in [0.25, 0.3) is 0 Å². The van der Waals surface area contributed by atoms with Crippen LogP contribution in [0, 0.1) is 0 Å². The summed E-state index contributed by atoms with van der Waals surface area (Å²) < 4.78 is 0.652. The molecule has 1 atom stereocenters. The Kier molecular flexibility index (Phi) is 5.14. The lowest BCUT2D eigenvalue weighted by molar-refractivity contribution is -0.141. The van der Waals surface area contributed by atoms with Crippen LogP contribution in [-0.2, 0) is 4.79 Å². The summed E-state index contributed by atoms with van der Waals surface area (Å²) in [5, 5.41) is 11.6. The van der Waals surface area contributed by atoms with Crippen LogP contribution in [-0.4, -0.2) is 52.6 Å². The zero-order valence-electron chi connectivity index (χ0n) is 8.61. The molecule has 0 aromatic heterocycles. The summed E-state index contributed by atoms with van der Waals surface area (Å²) in [6, 6.07) is -1.09. The molecule has 5 nitrogen and oxygen atoms in total. The van der Waals surface area contributed by atoms with Crippen molar-refractivity contribution < 1.29 is 14.7 Å². The third-order valence-electron chi connectivity index (χ3n) is 2.11. The fourth-order valence-corrected chi connectivity index (χ4v) is 2.50. The second-order valence-electron chi connectivity index (χ2n) is 3.30. The second kappa shape index (κ2) is 6.15. The molecular weight excluding hydrogens is 296 g/mol. The van der Waals surface area contributed by atoms with Crippen molar-refractivity contribution in [2.45, 2.75) is 6.04 Å². The number of carboxylic acids is 1. The van der Waals surface area contributed by atoms with Gasteiger partial charge in [-0.1, -0.05) is 22.5 Å². The number of nitrogens with zero attached hydrogens (tertiary/aromatic N) is 1. The van der Waals surface area contributed by atoms with Gasteiger partial charge in [0.2, 0.25) is 0 Å². The first-order valence-corrected chi connectivity index (χ1v) is 6.65. The molecule has 1 unspecified atom stereocenters. The quantitative estimate of drug-likeness (QED) is 0.819. The lowest BCUT2D eigenvalue weighted by Gasteiger charge is -2.32. The zero-order chi connectivity index (χ0) is 12.1. The minimum absolute atomic E-state index is 0.300. The molecule has 1 aliphatic rings. The highest BCUT2D eigenvalue weighted by Gasteiger charge is 2.32. The lowest BCUT2D eigenvalue weighted by atomic mass is 10.3. The number of carboxylic acid groups (broad SMARTS) is 1. The van der Waals surface area contributed by atoms with Crippen LogP contribution in [0.15, 0.2) is 11.1 Å². The molecule has 2 amide bonds. The maximum absolute atomic E-state index is 11.7. The number of thioether (sulfide) groups is 1. The third kappa shape index (κ3) is 3.71. The fraction of sp³-hybridized carbons (Fsp3) is 0.556. The number of rotatable bonds is 3. The molecule has 0 aliphatic carbocycles. The molecule has 1 aliphatic heterocycles. The molecule has 90 valence electrons. The predicted molar refractivity (Wildman–Crippen MR) is 66.9 cm³/mol. The molecule has 0 aromatic rings. The third-order valence-corrected chi connectivity index (χ3v) is 3.41. The van der Waals surface area contributed by atoms with E-state index in [2.05, 4.69) is 27.8 Å². The number of nitrogens with one attached hydrogen (secondary N) is 1. The topological polar surface area (TPSA) is 69.6 Å². The maximum atomic E-state index is 11.7. The van der Waals surface area contributed by atoms with Crippen LogP contribution in [0.2, 0.25) is 0 Å². The van der Waals surface area contributed by atoms with Crippen LogP contribution in [0.5, 0.6) is 0 Å². The van der Waals surface area contributed by atoms with Gasteiger partial charge >= 0.3 is 12.0 Å². The van der Waals surface area contributed by atoms with E-state index in [4.69, 9.17) is 5.11 Å². The van der Waals surface area contributed by atoms with E-state index in [0.717, 1.165) is 5.75 Å². The molecular formula is C9H13BrN2O3S. The van der Waals surface area contributed by atoms with Crippen molar-refractivity contribution in [3.8, 4) is 0 Å². The van der Waals surface area contributed by atoms with Crippen LogP contribution in [0.3, 0.4) is 0 Å². The fourth-order valence-electron chi connectivity index (χ4n) is 1.32. The molecule has 0 spiro atoms. The molecule has 0 radical (unpaired) electrons. The normalized spacial score (nSPS) is 20.3. The molecule has 1 fully saturated rings.